The van der Waals surface area contributed by atoms with Crippen molar-refractivity contribution in [3.63, 3.8) is 0 Å². The van der Waals surface area contributed by atoms with Gasteiger partial charge in [-0.1, -0.05) is 32.1 Å². The third-order valence-corrected chi connectivity index (χ3v) is 4.90. The van der Waals surface area contributed by atoms with E-state index in [1.165, 1.54) is 43.4 Å². The van der Waals surface area contributed by atoms with E-state index in [2.05, 4.69) is 5.48 Å². The summed E-state index contributed by atoms with van der Waals surface area (Å²) >= 11 is 0. The number of carbonyl (C=O) groups is 1. The monoisotopic (exact) mass is 279 g/mol. The number of nitrogens with one attached hydrogen (secondary N) is 1. The summed E-state index contributed by atoms with van der Waals surface area (Å²) in [5, 5.41) is 0. The molecule has 2 saturated carbocycles. The highest BCUT2D eigenvalue weighted by molar-refractivity contribution is 5.74. The van der Waals surface area contributed by atoms with Gasteiger partial charge in [-0.15, -0.1) is 0 Å². The second kappa shape index (κ2) is 6.17. The Bertz CT molecular complexity index is 399. The summed E-state index contributed by atoms with van der Waals surface area (Å²) in [4.78, 5) is 17.5. The number of hydrogen-bond acceptors (Lipinski definition) is 4. The SMILES string of the molecule is CCOC(=O)C1CC2=C(CC3CCCCC3)NOC2C1. The Morgan fingerprint density at radius 3 is 2.90 bits per heavy atom. The van der Waals surface area contributed by atoms with Crippen LogP contribution in [0.3, 0.4) is 0 Å². The van der Waals surface area contributed by atoms with Crippen molar-refractivity contribution in [1.82, 2.24) is 5.48 Å². The first-order valence-electron chi connectivity index (χ1n) is 8.08. The highest BCUT2D eigenvalue weighted by Gasteiger charge is 2.40. The number of ether oxygens (including phenoxy) is 1. The van der Waals surface area contributed by atoms with Crippen LogP contribution in [0.15, 0.2) is 11.3 Å². The van der Waals surface area contributed by atoms with Crippen LogP contribution in [0.25, 0.3) is 0 Å². The van der Waals surface area contributed by atoms with Gasteiger partial charge in [0.1, 0.15) is 6.10 Å². The lowest BCUT2D eigenvalue weighted by Crippen LogP contribution is -2.20. The maximum Gasteiger partial charge on any atom is 0.309 e. The third kappa shape index (κ3) is 2.85. The fraction of sp³-hybridized carbons (Fsp3) is 0.812. The van der Waals surface area contributed by atoms with E-state index in [9.17, 15) is 4.79 Å². The molecule has 1 heterocycles. The van der Waals surface area contributed by atoms with Gasteiger partial charge in [0.05, 0.1) is 12.5 Å². The molecule has 0 bridgehead atoms. The smallest absolute Gasteiger partial charge is 0.309 e. The number of esters is 1. The average Bonchev–Trinajstić information content (AvgIpc) is 3.02. The minimum absolute atomic E-state index is 0.00148. The molecule has 0 spiro atoms. The van der Waals surface area contributed by atoms with E-state index in [-0.39, 0.29) is 18.0 Å². The Kier molecular flexibility index (Phi) is 4.29. The van der Waals surface area contributed by atoms with Gasteiger partial charge < -0.3 is 4.74 Å². The second-order valence-electron chi connectivity index (χ2n) is 6.31. The van der Waals surface area contributed by atoms with Gasteiger partial charge in [0, 0.05) is 5.70 Å². The van der Waals surface area contributed by atoms with E-state index >= 15 is 0 Å². The maximum absolute atomic E-state index is 11.9. The summed E-state index contributed by atoms with van der Waals surface area (Å²) in [6.07, 6.45) is 9.58. The largest absolute Gasteiger partial charge is 0.466 e. The summed E-state index contributed by atoms with van der Waals surface area (Å²) in [6, 6.07) is 0. The molecule has 2 atom stereocenters. The molecule has 0 saturated heterocycles. The van der Waals surface area contributed by atoms with Crippen LogP contribution >= 0.6 is 0 Å². The second-order valence-corrected chi connectivity index (χ2v) is 6.31. The van der Waals surface area contributed by atoms with Crippen LogP contribution in [0, 0.1) is 11.8 Å². The van der Waals surface area contributed by atoms with Gasteiger partial charge in [-0.05, 0) is 37.7 Å². The van der Waals surface area contributed by atoms with Gasteiger partial charge in [-0.3, -0.25) is 15.1 Å². The number of rotatable bonds is 4. The van der Waals surface area contributed by atoms with Gasteiger partial charge in [0.25, 0.3) is 0 Å². The molecule has 1 N–H and O–H groups in total. The molecule has 0 radical (unpaired) electrons. The molecule has 0 amide bonds. The van der Waals surface area contributed by atoms with Crippen molar-refractivity contribution in [3.8, 4) is 0 Å². The summed E-state index contributed by atoms with van der Waals surface area (Å²) in [5.74, 6) is 0.733. The average molecular weight is 279 g/mol. The summed E-state index contributed by atoms with van der Waals surface area (Å²) in [6.45, 7) is 2.33. The molecule has 2 fully saturated rings. The van der Waals surface area contributed by atoms with Gasteiger partial charge in [-0.2, -0.15) is 0 Å². The maximum atomic E-state index is 11.9. The zero-order valence-corrected chi connectivity index (χ0v) is 12.3. The standard InChI is InChI=1S/C16H25NO3/c1-2-19-16(18)12-9-13-14(17-20-15(13)10-12)8-11-6-4-3-5-7-11/h11-12,15,17H,2-10H2,1H3. The molecular weight excluding hydrogens is 254 g/mol. The number of allylic oxidation sites excluding steroid dienone is 1. The first-order chi connectivity index (χ1) is 9.78. The molecule has 20 heavy (non-hydrogen) atoms. The number of fused-ring (bicyclic) bond motifs is 1. The number of carbonyl (C=O) groups excluding carboxylic acids is 1. The molecule has 2 unspecified atom stereocenters. The van der Waals surface area contributed by atoms with Crippen LogP contribution in [0.4, 0.5) is 0 Å². The van der Waals surface area contributed by atoms with E-state index in [1.54, 1.807) is 0 Å². The Morgan fingerprint density at radius 1 is 1.35 bits per heavy atom. The molecule has 0 aromatic heterocycles. The summed E-state index contributed by atoms with van der Waals surface area (Å²) in [5.41, 5.74) is 5.71. The topological polar surface area (TPSA) is 47.6 Å². The van der Waals surface area contributed by atoms with E-state index in [4.69, 9.17) is 9.57 Å². The number of hydrogen-bond donors (Lipinski definition) is 1. The molecule has 3 aliphatic rings. The molecule has 4 nitrogen and oxygen atoms in total. The molecule has 4 heteroatoms. The van der Waals surface area contributed by atoms with Gasteiger partial charge in [0.2, 0.25) is 0 Å². The Hall–Kier alpha value is -1.03. The number of hydroxylamine groups is 1. The molecule has 0 aromatic carbocycles. The zero-order valence-electron chi connectivity index (χ0n) is 12.3. The summed E-state index contributed by atoms with van der Waals surface area (Å²) < 4.78 is 5.14. The van der Waals surface area contributed by atoms with Crippen LogP contribution in [-0.2, 0) is 14.4 Å². The third-order valence-electron chi connectivity index (χ3n) is 4.90. The van der Waals surface area contributed by atoms with E-state index in [1.807, 2.05) is 6.92 Å². The summed E-state index contributed by atoms with van der Waals surface area (Å²) in [7, 11) is 0. The van der Waals surface area contributed by atoms with Crippen molar-refractivity contribution in [3.05, 3.63) is 11.3 Å². The normalized spacial score (nSPS) is 30.2. The quantitative estimate of drug-likeness (QED) is 0.803. The van der Waals surface area contributed by atoms with Gasteiger partial charge >= 0.3 is 5.97 Å². The van der Waals surface area contributed by atoms with Crippen LogP contribution in [0.5, 0.6) is 0 Å². The fourth-order valence-electron chi connectivity index (χ4n) is 3.82. The van der Waals surface area contributed by atoms with Gasteiger partial charge in [-0.25, -0.2) is 0 Å². The Balaban J connectivity index is 1.62. The van der Waals surface area contributed by atoms with Crippen molar-refractivity contribution in [1.29, 1.82) is 0 Å². The predicted molar refractivity (Wildman–Crippen MR) is 75.6 cm³/mol. The predicted octanol–water partition coefficient (Wildman–Crippen LogP) is 3.09. The lowest BCUT2D eigenvalue weighted by Gasteiger charge is -2.22. The first kappa shape index (κ1) is 13.9. The van der Waals surface area contributed by atoms with E-state index in [0.717, 1.165) is 25.2 Å². The molecule has 3 rings (SSSR count). The molecular formula is C16H25NO3. The molecule has 1 aliphatic heterocycles. The Labute approximate surface area is 120 Å². The van der Waals surface area contributed by atoms with Gasteiger partial charge in [0.15, 0.2) is 0 Å². The molecule has 2 aliphatic carbocycles. The van der Waals surface area contributed by atoms with Crippen LogP contribution in [0.2, 0.25) is 0 Å². The van der Waals surface area contributed by atoms with E-state index < -0.39 is 0 Å². The first-order valence-corrected chi connectivity index (χ1v) is 8.08. The molecule has 0 aromatic rings. The van der Waals surface area contributed by atoms with Crippen LogP contribution in [-0.4, -0.2) is 18.7 Å². The Morgan fingerprint density at radius 2 is 2.15 bits per heavy atom. The van der Waals surface area contributed by atoms with E-state index in [0.29, 0.717) is 6.61 Å². The fourth-order valence-corrected chi connectivity index (χ4v) is 3.82. The zero-order chi connectivity index (χ0) is 13.9. The van der Waals surface area contributed by atoms with Crippen LogP contribution < -0.4 is 5.48 Å². The van der Waals surface area contributed by atoms with Crippen molar-refractivity contribution in [2.75, 3.05) is 6.61 Å². The van der Waals surface area contributed by atoms with Crippen molar-refractivity contribution in [2.24, 2.45) is 11.8 Å². The van der Waals surface area contributed by atoms with Crippen molar-refractivity contribution < 1.29 is 14.4 Å². The minimum Gasteiger partial charge on any atom is -0.466 e. The molecule has 112 valence electrons. The van der Waals surface area contributed by atoms with Crippen molar-refractivity contribution in [2.45, 2.75) is 64.4 Å². The van der Waals surface area contributed by atoms with Crippen molar-refractivity contribution >= 4 is 5.97 Å². The highest BCUT2D eigenvalue weighted by atomic mass is 16.7. The van der Waals surface area contributed by atoms with Crippen LogP contribution in [0.1, 0.15) is 58.3 Å². The lowest BCUT2D eigenvalue weighted by atomic mass is 9.85. The lowest BCUT2D eigenvalue weighted by molar-refractivity contribution is -0.148. The minimum atomic E-state index is -0.0602. The highest BCUT2D eigenvalue weighted by Crippen LogP contribution is 2.40.